The van der Waals surface area contributed by atoms with Crippen LogP contribution in [0, 0.1) is 5.41 Å². The Morgan fingerprint density at radius 2 is 1.64 bits per heavy atom. The number of aliphatic hydroxyl groups excluding tert-OH is 1. The highest BCUT2D eigenvalue weighted by atomic mass is 35.5. The van der Waals surface area contributed by atoms with Gasteiger partial charge in [-0.25, -0.2) is 0 Å². The molecule has 3 aromatic rings. The normalized spacial score (nSPS) is 18.6. The Balaban J connectivity index is 1.85. The van der Waals surface area contributed by atoms with Crippen LogP contribution in [0.3, 0.4) is 0 Å². The Bertz CT molecular complexity index is 1510. The average Bonchev–Trinajstić information content (AvgIpc) is 2.96. The molecule has 39 heavy (non-hydrogen) atoms. The Hall–Kier alpha value is -4.23. The Morgan fingerprint density at radius 3 is 2.31 bits per heavy atom. The van der Waals surface area contributed by atoms with Crippen molar-refractivity contribution in [2.45, 2.75) is 25.2 Å². The van der Waals surface area contributed by atoms with Crippen LogP contribution in [0.2, 0.25) is 5.02 Å². The van der Waals surface area contributed by atoms with E-state index in [-0.39, 0.29) is 23.0 Å². The van der Waals surface area contributed by atoms with Crippen molar-refractivity contribution in [2.24, 2.45) is 0 Å². The predicted octanol–water partition coefficient (Wildman–Crippen LogP) is 6.92. The maximum Gasteiger partial charge on any atom is 0.161 e. The van der Waals surface area contributed by atoms with Crippen LogP contribution in [0.5, 0.6) is 17.2 Å². The summed E-state index contributed by atoms with van der Waals surface area (Å²) in [5.74, 6) is 0.834. The molecule has 1 unspecified atom stereocenters. The first kappa shape index (κ1) is 26.4. The van der Waals surface area contributed by atoms with Gasteiger partial charge in [0.1, 0.15) is 28.8 Å². The number of Topliss-reactive ketones (excluding diaryl/α,β-unsaturated/α-hetero) is 1. The number of carbonyl (C=O) groups excluding carboxylic acids is 1. The number of ether oxygens (including phenoxy) is 3. The molecule has 0 saturated carbocycles. The van der Waals surface area contributed by atoms with E-state index in [4.69, 9.17) is 25.8 Å². The summed E-state index contributed by atoms with van der Waals surface area (Å²) in [5.41, 5.74) is 3.16. The third-order valence-electron chi connectivity index (χ3n) is 7.22. The molecule has 1 atom stereocenters. The first-order valence-corrected chi connectivity index (χ1v) is 13.0. The predicted molar refractivity (Wildman–Crippen MR) is 152 cm³/mol. The van der Waals surface area contributed by atoms with Gasteiger partial charge in [0.05, 0.1) is 27.0 Å². The van der Waals surface area contributed by atoms with E-state index >= 15 is 0 Å². The summed E-state index contributed by atoms with van der Waals surface area (Å²) in [6.07, 6.45) is 1.58. The fourth-order valence-electron chi connectivity index (χ4n) is 5.35. The Morgan fingerprint density at radius 1 is 0.949 bits per heavy atom. The number of methoxy groups -OCH3 is 3. The summed E-state index contributed by atoms with van der Waals surface area (Å²) >= 11 is 6.71. The van der Waals surface area contributed by atoms with Crippen molar-refractivity contribution in [2.75, 3.05) is 26.2 Å². The van der Waals surface area contributed by atoms with Crippen LogP contribution < -0.4 is 19.1 Å². The molecule has 0 spiro atoms. The van der Waals surface area contributed by atoms with Gasteiger partial charge >= 0.3 is 0 Å². The van der Waals surface area contributed by atoms with E-state index in [0.29, 0.717) is 69.6 Å². The first-order chi connectivity index (χ1) is 18.9. The molecule has 5 rings (SSSR count). The van der Waals surface area contributed by atoms with Gasteiger partial charge in [0.15, 0.2) is 5.78 Å². The molecule has 1 aliphatic carbocycles. The SMILES string of the molecule is COc1ccc(/C(O)=C2\C(=N)N(c3cc(OC)ccc3OC)C3=C(C(=O)CCC3)C2c2ccccc2Cl)cc1. The molecule has 2 N–H and O–H groups in total. The number of carbonyl (C=O) groups is 1. The van der Waals surface area contributed by atoms with Crippen molar-refractivity contribution in [3.63, 3.8) is 0 Å². The third kappa shape index (κ3) is 4.63. The second-order valence-electron chi connectivity index (χ2n) is 9.30. The minimum absolute atomic E-state index is 0.0215. The van der Waals surface area contributed by atoms with E-state index < -0.39 is 5.92 Å². The number of aliphatic hydroxyl groups is 1. The summed E-state index contributed by atoms with van der Waals surface area (Å²) < 4.78 is 16.4. The molecule has 200 valence electrons. The summed E-state index contributed by atoms with van der Waals surface area (Å²) in [5, 5.41) is 21.8. The smallest absolute Gasteiger partial charge is 0.161 e. The molecule has 2 aliphatic rings. The molecule has 0 saturated heterocycles. The lowest BCUT2D eigenvalue weighted by atomic mass is 9.73. The molecule has 0 amide bonds. The number of hydrogen-bond donors (Lipinski definition) is 2. The minimum Gasteiger partial charge on any atom is -0.507 e. The molecule has 0 fully saturated rings. The van der Waals surface area contributed by atoms with Crippen molar-refractivity contribution in [1.29, 1.82) is 5.41 Å². The van der Waals surface area contributed by atoms with Crippen LogP contribution in [0.4, 0.5) is 5.69 Å². The molecule has 8 heteroatoms. The zero-order valence-electron chi connectivity index (χ0n) is 22.0. The van der Waals surface area contributed by atoms with E-state index in [9.17, 15) is 15.3 Å². The zero-order valence-corrected chi connectivity index (χ0v) is 22.7. The van der Waals surface area contributed by atoms with E-state index in [1.54, 1.807) is 74.8 Å². The van der Waals surface area contributed by atoms with Crippen LogP contribution in [0.25, 0.3) is 5.76 Å². The van der Waals surface area contributed by atoms with Gasteiger partial charge in [-0.15, -0.1) is 0 Å². The third-order valence-corrected chi connectivity index (χ3v) is 7.56. The highest BCUT2D eigenvalue weighted by Gasteiger charge is 2.44. The van der Waals surface area contributed by atoms with Crippen molar-refractivity contribution >= 4 is 34.7 Å². The van der Waals surface area contributed by atoms with Crippen molar-refractivity contribution in [3.05, 3.63) is 99.7 Å². The first-order valence-electron chi connectivity index (χ1n) is 12.6. The molecule has 0 bridgehead atoms. The van der Waals surface area contributed by atoms with Gasteiger partial charge in [-0.3, -0.25) is 15.1 Å². The second-order valence-corrected chi connectivity index (χ2v) is 9.71. The van der Waals surface area contributed by atoms with Crippen LogP contribution in [0.1, 0.15) is 36.3 Å². The van der Waals surface area contributed by atoms with E-state index in [1.807, 2.05) is 18.2 Å². The molecule has 1 aliphatic heterocycles. The molecule has 0 aromatic heterocycles. The molecule has 0 radical (unpaired) electrons. The number of anilines is 1. The van der Waals surface area contributed by atoms with Crippen molar-refractivity contribution in [1.82, 2.24) is 0 Å². The van der Waals surface area contributed by atoms with Crippen LogP contribution in [-0.2, 0) is 4.79 Å². The van der Waals surface area contributed by atoms with Crippen molar-refractivity contribution < 1.29 is 24.1 Å². The van der Waals surface area contributed by atoms with Gasteiger partial charge in [0.25, 0.3) is 0 Å². The van der Waals surface area contributed by atoms with Crippen molar-refractivity contribution in [3.8, 4) is 17.2 Å². The number of ketones is 1. The number of allylic oxidation sites excluding steroid dienone is 2. The Kier molecular flexibility index (Phi) is 7.35. The topological polar surface area (TPSA) is 92.1 Å². The molecule has 3 aromatic carbocycles. The number of nitrogens with zero attached hydrogens (tertiary/aromatic N) is 1. The van der Waals surface area contributed by atoms with E-state index in [0.717, 1.165) is 0 Å². The number of halogens is 1. The van der Waals surface area contributed by atoms with Gasteiger partial charge in [-0.2, -0.15) is 0 Å². The summed E-state index contributed by atoms with van der Waals surface area (Å²) in [4.78, 5) is 15.4. The van der Waals surface area contributed by atoms with Gasteiger partial charge in [0.2, 0.25) is 0 Å². The lowest BCUT2D eigenvalue weighted by Gasteiger charge is -2.42. The fourth-order valence-corrected chi connectivity index (χ4v) is 5.60. The number of nitrogens with one attached hydrogen (secondary N) is 1. The number of benzene rings is 3. The van der Waals surface area contributed by atoms with Crippen LogP contribution in [-0.4, -0.2) is 38.1 Å². The molecular weight excluding hydrogens is 516 g/mol. The van der Waals surface area contributed by atoms with Crippen LogP contribution in [0.15, 0.2) is 83.6 Å². The van der Waals surface area contributed by atoms with Crippen LogP contribution >= 0.6 is 11.6 Å². The highest BCUT2D eigenvalue weighted by Crippen LogP contribution is 2.50. The largest absolute Gasteiger partial charge is 0.507 e. The summed E-state index contributed by atoms with van der Waals surface area (Å²) in [6.45, 7) is 0. The highest BCUT2D eigenvalue weighted by molar-refractivity contribution is 6.32. The average molecular weight is 545 g/mol. The molecule has 7 nitrogen and oxygen atoms in total. The zero-order chi connectivity index (χ0) is 27.7. The maximum atomic E-state index is 13.7. The lowest BCUT2D eigenvalue weighted by Crippen LogP contribution is -2.42. The minimum atomic E-state index is -0.732. The molecular formula is C31H29ClN2O5. The molecule has 1 heterocycles. The van der Waals surface area contributed by atoms with Gasteiger partial charge in [-0.05, 0) is 60.9 Å². The number of amidine groups is 1. The standard InChI is InChI=1S/C31H29ClN2O5/c1-37-19-13-11-18(12-14-19)30(36)29-27(21-7-4-5-8-22(21)32)28-23(9-6-10-25(28)35)34(31(29)33)24-17-20(38-2)15-16-26(24)39-3/h4-5,7-8,11-17,27,33,36H,6,9-10H2,1-3H3/b30-29+,33-31?. The van der Waals surface area contributed by atoms with Gasteiger partial charge in [0, 0.05) is 45.8 Å². The quantitative estimate of drug-likeness (QED) is 0.327. The van der Waals surface area contributed by atoms with Gasteiger partial charge < -0.3 is 19.3 Å². The Labute approximate surface area is 232 Å². The van der Waals surface area contributed by atoms with E-state index in [1.165, 1.54) is 0 Å². The van der Waals surface area contributed by atoms with E-state index in [2.05, 4.69) is 0 Å². The fraction of sp³-hybridized carbons (Fsp3) is 0.226. The monoisotopic (exact) mass is 544 g/mol. The maximum absolute atomic E-state index is 13.7. The second kappa shape index (κ2) is 10.9. The number of hydrogen-bond acceptors (Lipinski definition) is 6. The summed E-state index contributed by atoms with van der Waals surface area (Å²) in [6, 6.07) is 19.5. The summed E-state index contributed by atoms with van der Waals surface area (Å²) in [7, 11) is 4.69. The number of rotatable bonds is 6. The lowest BCUT2D eigenvalue weighted by molar-refractivity contribution is -0.116. The van der Waals surface area contributed by atoms with Gasteiger partial charge in [-0.1, -0.05) is 29.8 Å².